The lowest BCUT2D eigenvalue weighted by Crippen LogP contribution is -2.36. The first kappa shape index (κ1) is 10.9. The number of rotatable bonds is 0. The van der Waals surface area contributed by atoms with Crippen LogP contribution in [0.1, 0.15) is 30.0 Å². The predicted octanol–water partition coefficient (Wildman–Crippen LogP) is 2.89. The van der Waals surface area contributed by atoms with Crippen molar-refractivity contribution in [1.82, 2.24) is 5.32 Å². The minimum atomic E-state index is -4.31. The normalized spacial score (nSPS) is 27.2. The van der Waals surface area contributed by atoms with Crippen molar-refractivity contribution in [2.75, 3.05) is 6.54 Å². The van der Waals surface area contributed by atoms with Crippen LogP contribution < -0.4 is 10.1 Å². The number of fused-ring (bicyclic) bond motifs is 3. The van der Waals surface area contributed by atoms with E-state index in [0.29, 0.717) is 5.75 Å². The molecule has 2 aliphatic heterocycles. The molecular formula is C12H12F3NO. The van der Waals surface area contributed by atoms with Gasteiger partial charge in [-0.15, -0.1) is 0 Å². The maximum absolute atomic E-state index is 12.6. The SMILES string of the molecule is FC(F)(F)c1ccc2c(c1)OC1CCCN[C@@H]21. The Morgan fingerprint density at radius 1 is 1.29 bits per heavy atom. The molecule has 0 radical (unpaired) electrons. The lowest BCUT2D eigenvalue weighted by molar-refractivity contribution is -0.137. The largest absolute Gasteiger partial charge is 0.488 e. The third-order valence-corrected chi connectivity index (χ3v) is 3.36. The van der Waals surface area contributed by atoms with Crippen LogP contribution >= 0.6 is 0 Å². The molecule has 0 saturated carbocycles. The summed E-state index contributed by atoms with van der Waals surface area (Å²) >= 11 is 0. The zero-order valence-corrected chi connectivity index (χ0v) is 9.05. The second-order valence-electron chi connectivity index (χ2n) is 4.48. The summed E-state index contributed by atoms with van der Waals surface area (Å²) < 4.78 is 43.3. The minimum absolute atomic E-state index is 0.0118. The van der Waals surface area contributed by atoms with Gasteiger partial charge in [-0.05, 0) is 31.5 Å². The molecule has 0 aliphatic carbocycles. The number of halogens is 3. The van der Waals surface area contributed by atoms with E-state index >= 15 is 0 Å². The summed E-state index contributed by atoms with van der Waals surface area (Å²) in [6, 6.07) is 3.82. The zero-order chi connectivity index (χ0) is 12.0. The summed E-state index contributed by atoms with van der Waals surface area (Å²) in [5.41, 5.74) is 0.206. The van der Waals surface area contributed by atoms with Crippen LogP contribution in [0.4, 0.5) is 13.2 Å². The van der Waals surface area contributed by atoms with Crippen LogP contribution in [-0.4, -0.2) is 12.6 Å². The monoisotopic (exact) mass is 243 g/mol. The summed E-state index contributed by atoms with van der Waals surface area (Å²) in [5.74, 6) is 0.379. The smallest absolute Gasteiger partial charge is 0.416 e. The third-order valence-electron chi connectivity index (χ3n) is 3.36. The fourth-order valence-corrected chi connectivity index (χ4v) is 2.53. The maximum Gasteiger partial charge on any atom is 0.416 e. The van der Waals surface area contributed by atoms with Gasteiger partial charge < -0.3 is 10.1 Å². The van der Waals surface area contributed by atoms with Crippen molar-refractivity contribution in [3.8, 4) is 5.75 Å². The van der Waals surface area contributed by atoms with E-state index in [-0.39, 0.29) is 12.1 Å². The molecule has 0 aromatic heterocycles. The molecule has 0 spiro atoms. The Bertz CT molecular complexity index is 444. The molecule has 1 aromatic rings. The van der Waals surface area contributed by atoms with Crippen LogP contribution in [0.5, 0.6) is 5.75 Å². The van der Waals surface area contributed by atoms with Crippen LogP contribution in [-0.2, 0) is 6.18 Å². The van der Waals surface area contributed by atoms with Gasteiger partial charge in [-0.3, -0.25) is 0 Å². The molecule has 2 aliphatic rings. The first-order valence-corrected chi connectivity index (χ1v) is 5.67. The van der Waals surface area contributed by atoms with Gasteiger partial charge in [0.1, 0.15) is 11.9 Å². The molecule has 2 heterocycles. The Hall–Kier alpha value is -1.23. The lowest BCUT2D eigenvalue weighted by atomic mass is 9.96. The molecule has 92 valence electrons. The fraction of sp³-hybridized carbons (Fsp3) is 0.500. The van der Waals surface area contributed by atoms with Crippen molar-refractivity contribution >= 4 is 0 Å². The molecule has 1 saturated heterocycles. The van der Waals surface area contributed by atoms with E-state index in [4.69, 9.17) is 4.74 Å². The number of ether oxygens (including phenoxy) is 1. The Labute approximate surface area is 96.8 Å². The molecular weight excluding hydrogens is 231 g/mol. The molecule has 2 nitrogen and oxygen atoms in total. The summed E-state index contributed by atoms with van der Waals surface area (Å²) in [7, 11) is 0. The van der Waals surface area contributed by atoms with Gasteiger partial charge in [-0.1, -0.05) is 6.07 Å². The summed E-state index contributed by atoms with van der Waals surface area (Å²) in [5, 5.41) is 3.29. The number of benzene rings is 1. The van der Waals surface area contributed by atoms with Gasteiger partial charge in [0.25, 0.3) is 0 Å². The molecule has 3 rings (SSSR count). The average Bonchev–Trinajstić information content (AvgIpc) is 2.65. The topological polar surface area (TPSA) is 21.3 Å². The molecule has 5 heteroatoms. The Morgan fingerprint density at radius 2 is 2.12 bits per heavy atom. The average molecular weight is 243 g/mol. The Kier molecular flexibility index (Phi) is 2.33. The van der Waals surface area contributed by atoms with Crippen molar-refractivity contribution in [3.05, 3.63) is 29.3 Å². The van der Waals surface area contributed by atoms with Crippen molar-refractivity contribution in [2.24, 2.45) is 0 Å². The zero-order valence-electron chi connectivity index (χ0n) is 9.05. The van der Waals surface area contributed by atoms with Crippen LogP contribution in [0.3, 0.4) is 0 Å². The number of piperidine rings is 1. The minimum Gasteiger partial charge on any atom is -0.488 e. The van der Waals surface area contributed by atoms with Gasteiger partial charge in [0.2, 0.25) is 0 Å². The highest BCUT2D eigenvalue weighted by Crippen LogP contribution is 2.42. The highest BCUT2D eigenvalue weighted by atomic mass is 19.4. The van der Waals surface area contributed by atoms with Gasteiger partial charge in [0.15, 0.2) is 0 Å². The number of alkyl halides is 3. The van der Waals surface area contributed by atoms with E-state index in [2.05, 4.69) is 5.32 Å². The van der Waals surface area contributed by atoms with Crippen LogP contribution in [0, 0.1) is 0 Å². The number of nitrogens with one attached hydrogen (secondary N) is 1. The van der Waals surface area contributed by atoms with Gasteiger partial charge in [-0.25, -0.2) is 0 Å². The summed E-state index contributed by atoms with van der Waals surface area (Å²) in [4.78, 5) is 0. The maximum atomic E-state index is 12.6. The second kappa shape index (κ2) is 3.63. The predicted molar refractivity (Wildman–Crippen MR) is 55.8 cm³/mol. The standard InChI is InChI=1S/C12H12F3NO/c13-12(14,15)7-3-4-8-10(6-7)17-9-2-1-5-16-11(8)9/h3-4,6,9,11,16H,1-2,5H2/t9?,11-/m0/s1. The fourth-order valence-electron chi connectivity index (χ4n) is 2.53. The van der Waals surface area contributed by atoms with Gasteiger partial charge in [0, 0.05) is 5.56 Å². The number of hydrogen-bond donors (Lipinski definition) is 1. The molecule has 0 bridgehead atoms. The van der Waals surface area contributed by atoms with Gasteiger partial charge in [-0.2, -0.15) is 13.2 Å². The van der Waals surface area contributed by atoms with E-state index in [0.717, 1.165) is 37.1 Å². The van der Waals surface area contributed by atoms with Gasteiger partial charge in [0.05, 0.1) is 11.6 Å². The van der Waals surface area contributed by atoms with Crippen LogP contribution in [0.2, 0.25) is 0 Å². The molecule has 1 N–H and O–H groups in total. The summed E-state index contributed by atoms with van der Waals surface area (Å²) in [6.07, 6.45) is -2.42. The van der Waals surface area contributed by atoms with Crippen LogP contribution in [0.15, 0.2) is 18.2 Å². The molecule has 0 amide bonds. The Morgan fingerprint density at radius 3 is 2.88 bits per heavy atom. The molecule has 2 atom stereocenters. The molecule has 1 fully saturated rings. The lowest BCUT2D eigenvalue weighted by Gasteiger charge is -2.25. The van der Waals surface area contributed by atoms with E-state index in [9.17, 15) is 13.2 Å². The molecule has 1 unspecified atom stereocenters. The molecule has 1 aromatic carbocycles. The van der Waals surface area contributed by atoms with E-state index < -0.39 is 11.7 Å². The first-order valence-electron chi connectivity index (χ1n) is 5.67. The van der Waals surface area contributed by atoms with Crippen LogP contribution in [0.25, 0.3) is 0 Å². The van der Waals surface area contributed by atoms with Crippen molar-refractivity contribution < 1.29 is 17.9 Å². The van der Waals surface area contributed by atoms with Crippen molar-refractivity contribution in [3.63, 3.8) is 0 Å². The molecule has 17 heavy (non-hydrogen) atoms. The highest BCUT2D eigenvalue weighted by Gasteiger charge is 2.38. The highest BCUT2D eigenvalue weighted by molar-refractivity contribution is 5.44. The van der Waals surface area contributed by atoms with E-state index in [1.165, 1.54) is 6.07 Å². The van der Waals surface area contributed by atoms with Gasteiger partial charge >= 0.3 is 6.18 Å². The van der Waals surface area contributed by atoms with Crippen molar-refractivity contribution in [2.45, 2.75) is 31.2 Å². The number of hydrogen-bond acceptors (Lipinski definition) is 2. The second-order valence-corrected chi connectivity index (χ2v) is 4.48. The van der Waals surface area contributed by atoms with E-state index in [1.807, 2.05) is 0 Å². The Balaban J connectivity index is 1.97. The third kappa shape index (κ3) is 1.78. The summed E-state index contributed by atoms with van der Waals surface area (Å²) in [6.45, 7) is 0.894. The quantitative estimate of drug-likeness (QED) is 0.756. The first-order chi connectivity index (χ1) is 8.05. The van der Waals surface area contributed by atoms with Crippen molar-refractivity contribution in [1.29, 1.82) is 0 Å². The van der Waals surface area contributed by atoms with E-state index in [1.54, 1.807) is 0 Å².